The summed E-state index contributed by atoms with van der Waals surface area (Å²) in [5.41, 5.74) is 1.52. The summed E-state index contributed by atoms with van der Waals surface area (Å²) >= 11 is 0. The minimum absolute atomic E-state index is 0.0321. The van der Waals surface area contributed by atoms with Gasteiger partial charge in [-0.1, -0.05) is 25.1 Å². The molecule has 1 aliphatic rings. The van der Waals surface area contributed by atoms with Crippen LogP contribution in [0, 0.1) is 27.4 Å². The predicted molar refractivity (Wildman–Crippen MR) is 101 cm³/mol. The van der Waals surface area contributed by atoms with Gasteiger partial charge in [0.1, 0.15) is 0 Å². The lowest BCUT2D eigenvalue weighted by atomic mass is 10.0. The van der Waals surface area contributed by atoms with Gasteiger partial charge in [-0.05, 0) is 37.7 Å². The number of allylic oxidation sites excluding steroid dienone is 2. The Morgan fingerprint density at radius 3 is 2.93 bits per heavy atom. The van der Waals surface area contributed by atoms with Crippen LogP contribution in [0.25, 0.3) is 0 Å². The van der Waals surface area contributed by atoms with E-state index in [9.17, 15) is 14.9 Å². The van der Waals surface area contributed by atoms with E-state index < -0.39 is 4.92 Å². The summed E-state index contributed by atoms with van der Waals surface area (Å²) in [6, 6.07) is 5.45. The quantitative estimate of drug-likeness (QED) is 0.292. The van der Waals surface area contributed by atoms with Gasteiger partial charge in [0.2, 0.25) is 11.7 Å². The molecular weight excluding hydrogens is 346 g/mol. The van der Waals surface area contributed by atoms with E-state index in [1.807, 2.05) is 38.1 Å². The SMILES string of the molecule is CC=CCc1cc([C@@H]2C[C@@H]2C(=O)NCCC#N)cc([N+](=O)[O-])c1OCCC. The standard InChI is InChI=1S/C20H25N3O4/c1-3-5-7-14-11-15(12-18(23(25)26)19(14)27-10-4-2)16-13-17(16)20(24)22-9-6-8-21/h3,5,11-12,16-17H,4,6-7,9-10,13H2,1-2H3,(H,22,24)/t16-,17-/m0/s1. The Balaban J connectivity index is 2.27. The van der Waals surface area contributed by atoms with Crippen LogP contribution in [-0.4, -0.2) is 24.0 Å². The van der Waals surface area contributed by atoms with E-state index >= 15 is 0 Å². The number of nitriles is 1. The number of carbonyl (C=O) groups is 1. The second-order valence-corrected chi connectivity index (χ2v) is 6.55. The van der Waals surface area contributed by atoms with Crippen molar-refractivity contribution in [2.75, 3.05) is 13.2 Å². The van der Waals surface area contributed by atoms with Gasteiger partial charge in [-0.25, -0.2) is 0 Å². The number of rotatable bonds is 10. The van der Waals surface area contributed by atoms with Gasteiger partial charge < -0.3 is 10.1 Å². The molecule has 144 valence electrons. The number of benzene rings is 1. The van der Waals surface area contributed by atoms with E-state index in [0.29, 0.717) is 31.7 Å². The molecule has 0 spiro atoms. The molecule has 0 bridgehead atoms. The molecule has 0 aromatic heterocycles. The summed E-state index contributed by atoms with van der Waals surface area (Å²) in [5.74, 6) is -0.00534. The van der Waals surface area contributed by atoms with Crippen LogP contribution in [0.4, 0.5) is 5.69 Å². The van der Waals surface area contributed by atoms with Gasteiger partial charge in [0.05, 0.1) is 24.0 Å². The molecule has 1 amide bonds. The Hall–Kier alpha value is -2.88. The van der Waals surface area contributed by atoms with E-state index in [1.165, 1.54) is 6.07 Å². The Morgan fingerprint density at radius 2 is 2.30 bits per heavy atom. The number of nitro groups is 1. The molecule has 1 aromatic rings. The van der Waals surface area contributed by atoms with E-state index in [1.54, 1.807) is 0 Å². The molecule has 0 aliphatic heterocycles. The van der Waals surface area contributed by atoms with Crippen LogP contribution in [-0.2, 0) is 11.2 Å². The number of hydrogen-bond acceptors (Lipinski definition) is 5. The smallest absolute Gasteiger partial charge is 0.311 e. The zero-order chi connectivity index (χ0) is 19.8. The fraction of sp³-hybridized carbons (Fsp3) is 0.500. The van der Waals surface area contributed by atoms with Crippen LogP contribution >= 0.6 is 0 Å². The second-order valence-electron chi connectivity index (χ2n) is 6.55. The minimum Gasteiger partial charge on any atom is -0.487 e. The van der Waals surface area contributed by atoms with Crippen molar-refractivity contribution in [3.8, 4) is 11.8 Å². The minimum atomic E-state index is -0.419. The van der Waals surface area contributed by atoms with Crippen molar-refractivity contribution >= 4 is 11.6 Å². The topological polar surface area (TPSA) is 105 Å². The largest absolute Gasteiger partial charge is 0.487 e. The number of nitrogens with one attached hydrogen (secondary N) is 1. The van der Waals surface area contributed by atoms with Gasteiger partial charge in [-0.15, -0.1) is 0 Å². The van der Waals surface area contributed by atoms with Crippen LogP contribution in [0.3, 0.4) is 0 Å². The lowest BCUT2D eigenvalue weighted by Crippen LogP contribution is -2.26. The van der Waals surface area contributed by atoms with Crippen molar-refractivity contribution in [1.82, 2.24) is 5.32 Å². The van der Waals surface area contributed by atoms with Gasteiger partial charge in [0, 0.05) is 24.1 Å². The van der Waals surface area contributed by atoms with Crippen LogP contribution in [0.15, 0.2) is 24.3 Å². The van der Waals surface area contributed by atoms with Gasteiger partial charge >= 0.3 is 5.69 Å². The van der Waals surface area contributed by atoms with Gasteiger partial charge in [0.15, 0.2) is 0 Å². The third-order valence-corrected chi connectivity index (χ3v) is 4.48. The molecule has 0 unspecified atom stereocenters. The molecule has 1 saturated carbocycles. The predicted octanol–water partition coefficient (Wildman–Crippen LogP) is 3.64. The maximum atomic E-state index is 12.2. The molecule has 7 nitrogen and oxygen atoms in total. The monoisotopic (exact) mass is 371 g/mol. The van der Waals surface area contributed by atoms with E-state index in [-0.39, 0.29) is 29.9 Å². The molecule has 7 heteroatoms. The average Bonchev–Trinajstić information content (AvgIpc) is 3.45. The number of ether oxygens (including phenoxy) is 1. The summed E-state index contributed by atoms with van der Waals surface area (Å²) in [5, 5.41) is 22.9. The van der Waals surface area contributed by atoms with Crippen LogP contribution in [0.2, 0.25) is 0 Å². The van der Waals surface area contributed by atoms with Crippen molar-refractivity contribution in [2.45, 2.75) is 45.4 Å². The lowest BCUT2D eigenvalue weighted by Gasteiger charge is -2.13. The molecule has 1 aromatic carbocycles. The zero-order valence-electron chi connectivity index (χ0n) is 15.7. The summed E-state index contributed by atoms with van der Waals surface area (Å²) in [4.78, 5) is 23.3. The fourth-order valence-corrected chi connectivity index (χ4v) is 3.04. The van der Waals surface area contributed by atoms with Gasteiger partial charge in [-0.3, -0.25) is 14.9 Å². The first-order valence-electron chi connectivity index (χ1n) is 9.23. The number of carbonyl (C=O) groups excluding carboxylic acids is 1. The first-order valence-corrected chi connectivity index (χ1v) is 9.23. The van der Waals surface area contributed by atoms with Gasteiger partial charge in [-0.2, -0.15) is 5.26 Å². The maximum absolute atomic E-state index is 12.2. The van der Waals surface area contributed by atoms with E-state index in [2.05, 4.69) is 5.32 Å². The number of nitrogens with zero attached hydrogens (tertiary/aromatic N) is 2. The summed E-state index contributed by atoms with van der Waals surface area (Å²) < 4.78 is 5.69. The van der Waals surface area contributed by atoms with Crippen LogP contribution in [0.5, 0.6) is 5.75 Å². The maximum Gasteiger partial charge on any atom is 0.311 e. The van der Waals surface area contributed by atoms with E-state index in [4.69, 9.17) is 10.00 Å². The Morgan fingerprint density at radius 1 is 1.52 bits per heavy atom. The first kappa shape index (κ1) is 20.4. The van der Waals surface area contributed by atoms with Crippen molar-refractivity contribution in [2.24, 2.45) is 5.92 Å². The van der Waals surface area contributed by atoms with Gasteiger partial charge in [0.25, 0.3) is 0 Å². The Kier molecular flexibility index (Phi) is 7.35. The lowest BCUT2D eigenvalue weighted by molar-refractivity contribution is -0.386. The molecule has 1 N–H and O–H groups in total. The second kappa shape index (κ2) is 9.72. The Labute approximate surface area is 159 Å². The normalized spacial score (nSPS) is 18.1. The average molecular weight is 371 g/mol. The molecule has 27 heavy (non-hydrogen) atoms. The highest BCUT2D eigenvalue weighted by molar-refractivity contribution is 5.83. The van der Waals surface area contributed by atoms with Crippen LogP contribution < -0.4 is 10.1 Å². The molecule has 2 atom stereocenters. The molecule has 2 rings (SSSR count). The molecule has 0 heterocycles. The third kappa shape index (κ3) is 5.30. The fourth-order valence-electron chi connectivity index (χ4n) is 3.04. The molecule has 1 fully saturated rings. The number of nitro benzene ring substituents is 1. The highest BCUT2D eigenvalue weighted by atomic mass is 16.6. The van der Waals surface area contributed by atoms with Crippen molar-refractivity contribution in [3.05, 3.63) is 45.5 Å². The van der Waals surface area contributed by atoms with Crippen LogP contribution in [0.1, 0.15) is 50.2 Å². The molecule has 0 radical (unpaired) electrons. The molecular formula is C20H25N3O4. The van der Waals surface area contributed by atoms with Crippen molar-refractivity contribution in [1.29, 1.82) is 5.26 Å². The summed E-state index contributed by atoms with van der Waals surface area (Å²) in [6.45, 7) is 4.59. The van der Waals surface area contributed by atoms with Crippen molar-refractivity contribution < 1.29 is 14.5 Å². The summed E-state index contributed by atoms with van der Waals surface area (Å²) in [6.07, 6.45) is 6.05. The summed E-state index contributed by atoms with van der Waals surface area (Å²) in [7, 11) is 0. The zero-order valence-corrected chi connectivity index (χ0v) is 15.7. The number of amides is 1. The highest BCUT2D eigenvalue weighted by Gasteiger charge is 2.44. The van der Waals surface area contributed by atoms with E-state index in [0.717, 1.165) is 17.5 Å². The number of hydrogen-bond donors (Lipinski definition) is 1. The third-order valence-electron chi connectivity index (χ3n) is 4.48. The molecule has 1 aliphatic carbocycles. The molecule has 0 saturated heterocycles. The Bertz CT molecular complexity index is 767. The first-order chi connectivity index (χ1) is 13.0. The van der Waals surface area contributed by atoms with Crippen molar-refractivity contribution in [3.63, 3.8) is 0 Å². The highest BCUT2D eigenvalue weighted by Crippen LogP contribution is 2.50.